The zero-order valence-electron chi connectivity index (χ0n) is 11.5. The molecule has 21 heavy (non-hydrogen) atoms. The smallest absolute Gasteiger partial charge is 0.136 e. The summed E-state index contributed by atoms with van der Waals surface area (Å²) in [6.45, 7) is 0.721. The highest BCUT2D eigenvalue weighted by molar-refractivity contribution is 9.10. The monoisotopic (exact) mass is 340 g/mol. The molecule has 0 fully saturated rings. The van der Waals surface area contributed by atoms with Crippen LogP contribution in [0.1, 0.15) is 11.1 Å². The number of fused-ring (bicyclic) bond motifs is 1. The van der Waals surface area contributed by atoms with E-state index in [1.165, 1.54) is 10.9 Å². The van der Waals surface area contributed by atoms with Crippen molar-refractivity contribution >= 4 is 26.8 Å². The molecule has 2 aromatic carbocycles. The fraction of sp³-hybridized carbons (Fsp3) is 0.118. The first-order valence-electron chi connectivity index (χ1n) is 6.53. The van der Waals surface area contributed by atoms with Crippen molar-refractivity contribution in [1.29, 1.82) is 5.26 Å². The molecule has 0 radical (unpaired) electrons. The van der Waals surface area contributed by atoms with E-state index < -0.39 is 0 Å². The number of hydrogen-bond donors (Lipinski definition) is 0. The molecule has 1 aromatic heterocycles. The SMILES string of the molecule is COc1ccc(Cn2ccc3c(Br)cccc32)cc1C#N. The summed E-state index contributed by atoms with van der Waals surface area (Å²) < 4.78 is 8.44. The van der Waals surface area contributed by atoms with Gasteiger partial charge in [0, 0.05) is 28.1 Å². The first-order valence-corrected chi connectivity index (χ1v) is 7.32. The van der Waals surface area contributed by atoms with Gasteiger partial charge in [-0.2, -0.15) is 5.26 Å². The molecule has 0 saturated heterocycles. The van der Waals surface area contributed by atoms with Crippen LogP contribution >= 0.6 is 15.9 Å². The molecule has 0 amide bonds. The van der Waals surface area contributed by atoms with E-state index >= 15 is 0 Å². The van der Waals surface area contributed by atoms with Crippen LogP contribution in [0.5, 0.6) is 5.75 Å². The Kier molecular flexibility index (Phi) is 3.68. The van der Waals surface area contributed by atoms with Crippen LogP contribution in [0.15, 0.2) is 53.1 Å². The molecule has 0 spiro atoms. The Hall–Kier alpha value is -2.25. The van der Waals surface area contributed by atoms with E-state index in [1.54, 1.807) is 7.11 Å². The lowest BCUT2D eigenvalue weighted by Gasteiger charge is -2.08. The number of nitriles is 1. The van der Waals surface area contributed by atoms with Gasteiger partial charge in [0.2, 0.25) is 0 Å². The number of halogens is 1. The van der Waals surface area contributed by atoms with Crippen LogP contribution in [0.3, 0.4) is 0 Å². The highest BCUT2D eigenvalue weighted by atomic mass is 79.9. The lowest BCUT2D eigenvalue weighted by atomic mass is 10.1. The molecule has 0 atom stereocenters. The Bertz CT molecular complexity index is 846. The van der Waals surface area contributed by atoms with Gasteiger partial charge in [0.25, 0.3) is 0 Å². The normalized spacial score (nSPS) is 10.5. The van der Waals surface area contributed by atoms with E-state index in [9.17, 15) is 0 Å². The van der Waals surface area contributed by atoms with E-state index in [0.29, 0.717) is 11.3 Å². The summed E-state index contributed by atoms with van der Waals surface area (Å²) in [5.41, 5.74) is 2.80. The Morgan fingerprint density at radius 3 is 2.86 bits per heavy atom. The minimum absolute atomic E-state index is 0.563. The summed E-state index contributed by atoms with van der Waals surface area (Å²) in [6.07, 6.45) is 2.06. The third-order valence-electron chi connectivity index (χ3n) is 3.50. The van der Waals surface area contributed by atoms with Crippen LogP contribution in [0, 0.1) is 11.3 Å². The van der Waals surface area contributed by atoms with Crippen LogP contribution in [-0.4, -0.2) is 11.7 Å². The third-order valence-corrected chi connectivity index (χ3v) is 4.19. The van der Waals surface area contributed by atoms with Gasteiger partial charge in [-0.05, 0) is 35.9 Å². The molecule has 0 bridgehead atoms. The number of methoxy groups -OCH3 is 1. The predicted octanol–water partition coefficient (Wildman–Crippen LogP) is 4.33. The molecule has 3 rings (SSSR count). The van der Waals surface area contributed by atoms with Crippen LogP contribution < -0.4 is 4.74 Å². The Balaban J connectivity index is 1.99. The summed E-state index contributed by atoms with van der Waals surface area (Å²) in [5.74, 6) is 0.612. The summed E-state index contributed by atoms with van der Waals surface area (Å²) >= 11 is 3.56. The van der Waals surface area contributed by atoms with Gasteiger partial charge in [0.05, 0.1) is 12.7 Å². The zero-order valence-corrected chi connectivity index (χ0v) is 13.1. The van der Waals surface area contributed by atoms with Crippen molar-refractivity contribution in [2.24, 2.45) is 0 Å². The maximum absolute atomic E-state index is 9.17. The molecule has 0 aliphatic heterocycles. The highest BCUT2D eigenvalue weighted by Crippen LogP contribution is 2.26. The number of rotatable bonds is 3. The third kappa shape index (κ3) is 2.53. The Labute approximate surface area is 131 Å². The minimum Gasteiger partial charge on any atom is -0.495 e. The van der Waals surface area contributed by atoms with Crippen molar-refractivity contribution in [3.63, 3.8) is 0 Å². The van der Waals surface area contributed by atoms with Gasteiger partial charge in [-0.3, -0.25) is 0 Å². The average molecular weight is 341 g/mol. The first-order chi connectivity index (χ1) is 10.2. The van der Waals surface area contributed by atoms with Crippen molar-refractivity contribution in [3.05, 3.63) is 64.3 Å². The summed E-state index contributed by atoms with van der Waals surface area (Å²) in [6, 6.07) is 16.1. The van der Waals surface area contributed by atoms with Gasteiger partial charge < -0.3 is 9.30 Å². The number of hydrogen-bond acceptors (Lipinski definition) is 2. The van der Waals surface area contributed by atoms with Gasteiger partial charge in [0.1, 0.15) is 11.8 Å². The zero-order chi connectivity index (χ0) is 14.8. The molecule has 0 N–H and O–H groups in total. The fourth-order valence-electron chi connectivity index (χ4n) is 2.46. The molecule has 104 valence electrons. The van der Waals surface area contributed by atoms with Crippen molar-refractivity contribution in [1.82, 2.24) is 4.57 Å². The molecular formula is C17H13BrN2O. The average Bonchev–Trinajstić information content (AvgIpc) is 2.92. The van der Waals surface area contributed by atoms with Crippen LogP contribution in [0.4, 0.5) is 0 Å². The van der Waals surface area contributed by atoms with Gasteiger partial charge in [-0.25, -0.2) is 0 Å². The van der Waals surface area contributed by atoms with Gasteiger partial charge in [-0.1, -0.05) is 28.1 Å². The molecule has 0 aliphatic carbocycles. The summed E-state index contributed by atoms with van der Waals surface area (Å²) in [4.78, 5) is 0. The fourth-order valence-corrected chi connectivity index (χ4v) is 2.95. The highest BCUT2D eigenvalue weighted by Gasteiger charge is 2.07. The van der Waals surface area contributed by atoms with Crippen LogP contribution in [-0.2, 0) is 6.54 Å². The maximum Gasteiger partial charge on any atom is 0.136 e. The van der Waals surface area contributed by atoms with Crippen molar-refractivity contribution in [2.75, 3.05) is 7.11 Å². The first kappa shape index (κ1) is 13.7. The van der Waals surface area contributed by atoms with Crippen molar-refractivity contribution in [2.45, 2.75) is 6.54 Å². The quantitative estimate of drug-likeness (QED) is 0.711. The topological polar surface area (TPSA) is 38.0 Å². The van der Waals surface area contributed by atoms with Gasteiger partial charge >= 0.3 is 0 Å². The molecule has 0 aliphatic rings. The number of nitrogens with zero attached hydrogens (tertiary/aromatic N) is 2. The van der Waals surface area contributed by atoms with Crippen LogP contribution in [0.25, 0.3) is 10.9 Å². The van der Waals surface area contributed by atoms with Crippen molar-refractivity contribution < 1.29 is 4.74 Å². The number of aromatic nitrogens is 1. The summed E-state index contributed by atoms with van der Waals surface area (Å²) in [7, 11) is 1.58. The van der Waals surface area contributed by atoms with Crippen molar-refractivity contribution in [3.8, 4) is 11.8 Å². The number of benzene rings is 2. The lowest BCUT2D eigenvalue weighted by molar-refractivity contribution is 0.413. The molecule has 4 heteroatoms. The molecule has 1 heterocycles. The van der Waals surface area contributed by atoms with E-state index in [4.69, 9.17) is 10.00 Å². The minimum atomic E-state index is 0.563. The number of ether oxygens (including phenoxy) is 1. The van der Waals surface area contributed by atoms with Gasteiger partial charge in [0.15, 0.2) is 0 Å². The largest absolute Gasteiger partial charge is 0.495 e. The molecular weight excluding hydrogens is 328 g/mol. The van der Waals surface area contributed by atoms with E-state index in [0.717, 1.165) is 16.6 Å². The molecule has 0 unspecified atom stereocenters. The van der Waals surface area contributed by atoms with Crippen LogP contribution in [0.2, 0.25) is 0 Å². The maximum atomic E-state index is 9.17. The summed E-state index contributed by atoms with van der Waals surface area (Å²) in [5, 5.41) is 10.4. The van der Waals surface area contributed by atoms with E-state index in [2.05, 4.69) is 44.9 Å². The standard InChI is InChI=1S/C17H13BrN2O/c1-21-17-6-5-12(9-13(17)10-19)11-20-8-7-14-15(18)3-2-4-16(14)20/h2-9H,11H2,1H3. The second-order valence-corrected chi connectivity index (χ2v) is 5.62. The van der Waals surface area contributed by atoms with Gasteiger partial charge in [-0.15, -0.1) is 0 Å². The predicted molar refractivity (Wildman–Crippen MR) is 86.4 cm³/mol. The van der Waals surface area contributed by atoms with E-state index in [1.807, 2.05) is 30.3 Å². The lowest BCUT2D eigenvalue weighted by Crippen LogP contribution is -1.99. The Morgan fingerprint density at radius 2 is 2.10 bits per heavy atom. The molecule has 0 saturated carbocycles. The second-order valence-electron chi connectivity index (χ2n) is 4.76. The second kappa shape index (κ2) is 5.63. The van der Waals surface area contributed by atoms with E-state index in [-0.39, 0.29) is 0 Å². The molecule has 3 aromatic rings. The molecule has 3 nitrogen and oxygen atoms in total. The Morgan fingerprint density at radius 1 is 1.24 bits per heavy atom.